The summed E-state index contributed by atoms with van der Waals surface area (Å²) in [6.45, 7) is 0.855. The Morgan fingerprint density at radius 2 is 2.08 bits per heavy atom. The average Bonchev–Trinajstić information content (AvgIpc) is 2.18. The van der Waals surface area contributed by atoms with Gasteiger partial charge in [0.25, 0.3) is 0 Å². The Bertz CT molecular complexity index is 344. The third-order valence-electron chi connectivity index (χ3n) is 2.32. The van der Waals surface area contributed by atoms with Crippen LogP contribution in [0.2, 0.25) is 0 Å². The van der Waals surface area contributed by atoms with Crippen LogP contribution >= 0.6 is 0 Å². The highest BCUT2D eigenvalue weighted by atomic mass is 16.5. The van der Waals surface area contributed by atoms with E-state index in [2.05, 4.69) is 36.2 Å². The Labute approximate surface area is 78.4 Å². The van der Waals surface area contributed by atoms with Crippen molar-refractivity contribution in [1.82, 2.24) is 0 Å². The average molecular weight is 175 g/mol. The number of likely N-dealkylation sites (N-methyl/N-ethyl adjacent to an activating group) is 1. The van der Waals surface area contributed by atoms with Gasteiger partial charge in [0.15, 0.2) is 0 Å². The highest BCUT2D eigenvalue weighted by molar-refractivity contribution is 5.72. The van der Waals surface area contributed by atoms with Crippen molar-refractivity contribution in [3.8, 4) is 0 Å². The predicted molar refractivity (Wildman–Crippen MR) is 54.7 cm³/mol. The molecule has 2 rings (SSSR count). The van der Waals surface area contributed by atoms with E-state index in [4.69, 9.17) is 4.74 Å². The number of ether oxygens (including phenoxy) is 1. The second-order valence-corrected chi connectivity index (χ2v) is 3.23. The van der Waals surface area contributed by atoms with Crippen molar-refractivity contribution in [2.45, 2.75) is 0 Å². The lowest BCUT2D eigenvalue weighted by atomic mass is 10.1. The molecule has 0 unspecified atom stereocenters. The van der Waals surface area contributed by atoms with Crippen LogP contribution in [0, 0.1) is 0 Å². The maximum absolute atomic E-state index is 5.24. The zero-order valence-corrected chi connectivity index (χ0v) is 7.95. The largest absolute Gasteiger partial charge is 0.499 e. The number of hydrogen-bond donors (Lipinski definition) is 0. The highest BCUT2D eigenvalue weighted by Gasteiger charge is 2.13. The molecule has 0 atom stereocenters. The van der Waals surface area contributed by atoms with Gasteiger partial charge in [-0.15, -0.1) is 0 Å². The van der Waals surface area contributed by atoms with Gasteiger partial charge < -0.3 is 9.64 Å². The van der Waals surface area contributed by atoms with E-state index in [-0.39, 0.29) is 0 Å². The minimum Gasteiger partial charge on any atom is -0.499 e. The molecule has 1 aliphatic rings. The molecule has 2 nitrogen and oxygen atoms in total. The van der Waals surface area contributed by atoms with Crippen LogP contribution in [-0.2, 0) is 4.74 Å². The monoisotopic (exact) mass is 175 g/mol. The molecule has 1 heterocycles. The molecule has 0 saturated heterocycles. The van der Waals surface area contributed by atoms with Gasteiger partial charge >= 0.3 is 0 Å². The molecule has 1 aromatic rings. The normalized spacial score (nSPS) is 14.9. The molecular formula is C11H13NO. The van der Waals surface area contributed by atoms with Crippen molar-refractivity contribution < 1.29 is 4.74 Å². The molecular weight excluding hydrogens is 162 g/mol. The van der Waals surface area contributed by atoms with E-state index in [0.29, 0.717) is 0 Å². The first-order valence-corrected chi connectivity index (χ1v) is 4.36. The van der Waals surface area contributed by atoms with Gasteiger partial charge in [0.1, 0.15) is 5.76 Å². The van der Waals surface area contributed by atoms with E-state index in [1.807, 2.05) is 6.07 Å². The van der Waals surface area contributed by atoms with Crippen LogP contribution in [0.4, 0.5) is 5.69 Å². The second kappa shape index (κ2) is 3.13. The first kappa shape index (κ1) is 8.17. The minimum atomic E-state index is 0.855. The fourth-order valence-electron chi connectivity index (χ4n) is 1.62. The number of para-hydroxylation sites is 1. The summed E-state index contributed by atoms with van der Waals surface area (Å²) < 4.78 is 5.24. The Hall–Kier alpha value is -1.44. The van der Waals surface area contributed by atoms with Crippen molar-refractivity contribution in [2.24, 2.45) is 0 Å². The van der Waals surface area contributed by atoms with Crippen LogP contribution in [0.25, 0.3) is 6.08 Å². The molecule has 1 aliphatic heterocycles. The van der Waals surface area contributed by atoms with Crippen LogP contribution in [0.1, 0.15) is 5.56 Å². The molecule has 0 aromatic heterocycles. The topological polar surface area (TPSA) is 12.5 Å². The number of rotatable bonds is 1. The van der Waals surface area contributed by atoms with Gasteiger partial charge in [0, 0.05) is 18.3 Å². The molecule has 13 heavy (non-hydrogen) atoms. The van der Waals surface area contributed by atoms with E-state index in [1.165, 1.54) is 11.3 Å². The molecule has 0 radical (unpaired) electrons. The molecule has 68 valence electrons. The molecule has 0 spiro atoms. The Morgan fingerprint density at radius 1 is 1.31 bits per heavy atom. The molecule has 0 aliphatic carbocycles. The minimum absolute atomic E-state index is 0.855. The van der Waals surface area contributed by atoms with Gasteiger partial charge in [-0.1, -0.05) is 18.2 Å². The van der Waals surface area contributed by atoms with Gasteiger partial charge in [-0.3, -0.25) is 0 Å². The lowest BCUT2D eigenvalue weighted by Gasteiger charge is -2.26. The maximum atomic E-state index is 5.24. The molecule has 2 heteroatoms. The Kier molecular flexibility index (Phi) is 1.97. The molecule has 0 amide bonds. The Balaban J connectivity index is 2.46. The van der Waals surface area contributed by atoms with Crippen LogP contribution in [0.5, 0.6) is 0 Å². The van der Waals surface area contributed by atoms with E-state index in [9.17, 15) is 0 Å². The highest BCUT2D eigenvalue weighted by Crippen LogP contribution is 2.26. The summed E-state index contributed by atoms with van der Waals surface area (Å²) in [6, 6.07) is 8.32. The summed E-state index contributed by atoms with van der Waals surface area (Å²) in [7, 11) is 3.79. The third kappa shape index (κ3) is 1.39. The summed E-state index contributed by atoms with van der Waals surface area (Å²) >= 11 is 0. The molecule has 0 fully saturated rings. The first-order valence-electron chi connectivity index (χ1n) is 4.36. The van der Waals surface area contributed by atoms with E-state index in [1.54, 1.807) is 7.11 Å². The second-order valence-electron chi connectivity index (χ2n) is 3.23. The lowest BCUT2D eigenvalue weighted by Crippen LogP contribution is -2.24. The zero-order chi connectivity index (χ0) is 9.26. The summed E-state index contributed by atoms with van der Waals surface area (Å²) in [5.41, 5.74) is 2.50. The van der Waals surface area contributed by atoms with Crippen molar-refractivity contribution in [2.75, 3.05) is 25.6 Å². The molecule has 0 bridgehead atoms. The number of nitrogens with zero attached hydrogens (tertiary/aromatic N) is 1. The number of hydrogen-bond acceptors (Lipinski definition) is 2. The summed E-state index contributed by atoms with van der Waals surface area (Å²) in [5.74, 6) is 1.02. The summed E-state index contributed by atoms with van der Waals surface area (Å²) in [5, 5.41) is 0. The standard InChI is InChI=1S/C11H13NO/c1-12-8-10(13-2)7-9-5-3-4-6-11(9)12/h3-7H,8H2,1-2H3. The Morgan fingerprint density at radius 3 is 2.85 bits per heavy atom. The van der Waals surface area contributed by atoms with Gasteiger partial charge in [-0.25, -0.2) is 0 Å². The third-order valence-corrected chi connectivity index (χ3v) is 2.32. The lowest BCUT2D eigenvalue weighted by molar-refractivity contribution is 0.289. The van der Waals surface area contributed by atoms with Crippen LogP contribution in [0.3, 0.4) is 0 Å². The number of methoxy groups -OCH3 is 1. The van der Waals surface area contributed by atoms with Crippen LogP contribution < -0.4 is 4.90 Å². The van der Waals surface area contributed by atoms with Gasteiger partial charge in [-0.2, -0.15) is 0 Å². The van der Waals surface area contributed by atoms with Crippen molar-refractivity contribution in [1.29, 1.82) is 0 Å². The first-order chi connectivity index (χ1) is 6.31. The van der Waals surface area contributed by atoms with Crippen molar-refractivity contribution >= 4 is 11.8 Å². The molecule has 1 aromatic carbocycles. The number of fused-ring (bicyclic) bond motifs is 1. The smallest absolute Gasteiger partial charge is 0.115 e. The molecule has 0 saturated carbocycles. The van der Waals surface area contributed by atoms with Crippen LogP contribution in [0.15, 0.2) is 30.0 Å². The molecule has 0 N–H and O–H groups in total. The van der Waals surface area contributed by atoms with Crippen LogP contribution in [-0.4, -0.2) is 20.7 Å². The van der Waals surface area contributed by atoms with E-state index < -0.39 is 0 Å². The SMILES string of the molecule is COC1=Cc2ccccc2N(C)C1. The predicted octanol–water partition coefficient (Wildman–Crippen LogP) is 2.12. The van der Waals surface area contributed by atoms with Gasteiger partial charge in [0.2, 0.25) is 0 Å². The zero-order valence-electron chi connectivity index (χ0n) is 7.95. The summed E-state index contributed by atoms with van der Waals surface area (Å²) in [6.07, 6.45) is 2.09. The van der Waals surface area contributed by atoms with Crippen molar-refractivity contribution in [3.05, 3.63) is 35.6 Å². The van der Waals surface area contributed by atoms with E-state index >= 15 is 0 Å². The fraction of sp³-hybridized carbons (Fsp3) is 0.273. The van der Waals surface area contributed by atoms with E-state index in [0.717, 1.165) is 12.3 Å². The van der Waals surface area contributed by atoms with Gasteiger partial charge in [-0.05, 0) is 12.1 Å². The van der Waals surface area contributed by atoms with Crippen molar-refractivity contribution in [3.63, 3.8) is 0 Å². The fourth-order valence-corrected chi connectivity index (χ4v) is 1.62. The summed E-state index contributed by atoms with van der Waals surface area (Å²) in [4.78, 5) is 2.19. The maximum Gasteiger partial charge on any atom is 0.115 e. The van der Waals surface area contributed by atoms with Gasteiger partial charge in [0.05, 0.1) is 13.7 Å². The number of benzene rings is 1. The quantitative estimate of drug-likeness (QED) is 0.648. The number of anilines is 1.